The third-order valence-electron chi connectivity index (χ3n) is 7.28. The van der Waals surface area contributed by atoms with Gasteiger partial charge in [-0.2, -0.15) is 27.1 Å². The molecule has 5 rings (SSSR count). The highest BCUT2D eigenvalue weighted by molar-refractivity contribution is 6.09. The summed E-state index contributed by atoms with van der Waals surface area (Å²) in [6.45, 7) is 0.865. The maximum absolute atomic E-state index is 13.6. The van der Waals surface area contributed by atoms with E-state index in [-0.39, 0.29) is 40.6 Å². The van der Waals surface area contributed by atoms with Crippen LogP contribution in [0.5, 0.6) is 0 Å². The van der Waals surface area contributed by atoms with Crippen LogP contribution in [0.4, 0.5) is 33.6 Å². The lowest BCUT2D eigenvalue weighted by molar-refractivity contribution is -0.285. The number of anilines is 2. The van der Waals surface area contributed by atoms with Crippen LogP contribution in [0.1, 0.15) is 42.9 Å². The fourth-order valence-electron chi connectivity index (χ4n) is 4.96. The number of nitrogens with two attached hydrogens (primary N) is 1. The predicted octanol–water partition coefficient (Wildman–Crippen LogP) is 4.72. The van der Waals surface area contributed by atoms with Gasteiger partial charge in [0, 0.05) is 25.6 Å². The SMILES string of the molecule is C[C@]1(c2ccc(CCCC(=O)O)cc2)C(=O)Nc2nc(-c3nn(CCC(F)(F)C(F)(F)F)c4ncccc34)nc(N)c21. The quantitative estimate of drug-likeness (QED) is 0.238. The summed E-state index contributed by atoms with van der Waals surface area (Å²) in [6.07, 6.45) is -4.88. The van der Waals surface area contributed by atoms with Crippen LogP contribution in [0.2, 0.25) is 0 Å². The fraction of sp³-hybridized carbons (Fsp3) is 0.333. The second kappa shape index (κ2) is 10.3. The maximum Gasteiger partial charge on any atom is 0.453 e. The Kier molecular flexibility index (Phi) is 7.07. The molecule has 10 nitrogen and oxygen atoms in total. The summed E-state index contributed by atoms with van der Waals surface area (Å²) < 4.78 is 66.3. The minimum atomic E-state index is -5.71. The molecule has 0 saturated heterocycles. The molecule has 0 unspecified atom stereocenters. The van der Waals surface area contributed by atoms with Gasteiger partial charge in [-0.15, -0.1) is 0 Å². The number of halogens is 5. The molecular formula is C27H24F5N7O3. The molecule has 0 spiro atoms. The number of carbonyl (C=O) groups excluding carboxylic acids is 1. The Morgan fingerprint density at radius 2 is 1.83 bits per heavy atom. The topological polar surface area (TPSA) is 149 Å². The number of alkyl halides is 5. The fourth-order valence-corrected chi connectivity index (χ4v) is 4.96. The van der Waals surface area contributed by atoms with E-state index in [2.05, 4.69) is 25.4 Å². The van der Waals surface area contributed by atoms with Crippen LogP contribution in [-0.2, 0) is 28.0 Å². The Morgan fingerprint density at radius 1 is 1.12 bits per heavy atom. The predicted molar refractivity (Wildman–Crippen MR) is 141 cm³/mol. The maximum atomic E-state index is 13.6. The number of rotatable bonds is 9. The number of nitrogens with one attached hydrogen (secondary N) is 1. The molecule has 4 heterocycles. The zero-order valence-corrected chi connectivity index (χ0v) is 22.0. The highest BCUT2D eigenvalue weighted by atomic mass is 19.4. The Balaban J connectivity index is 1.49. The number of fused-ring (bicyclic) bond motifs is 2. The molecule has 1 atom stereocenters. The monoisotopic (exact) mass is 589 g/mol. The molecule has 1 amide bonds. The molecule has 4 N–H and O–H groups in total. The van der Waals surface area contributed by atoms with Gasteiger partial charge in [-0.25, -0.2) is 19.6 Å². The number of aryl methyl sites for hydroxylation is 2. The van der Waals surface area contributed by atoms with Crippen molar-refractivity contribution in [2.45, 2.75) is 56.7 Å². The van der Waals surface area contributed by atoms with Crippen LogP contribution in [0.25, 0.3) is 22.6 Å². The zero-order chi connectivity index (χ0) is 30.4. The number of hydrogen-bond donors (Lipinski definition) is 3. The Bertz CT molecular complexity index is 1690. The molecule has 0 radical (unpaired) electrons. The Labute approximate surface area is 234 Å². The number of aliphatic carboxylic acids is 1. The number of pyridine rings is 1. The van der Waals surface area contributed by atoms with Gasteiger partial charge in [0.15, 0.2) is 11.5 Å². The molecule has 0 fully saturated rings. The molecule has 220 valence electrons. The third kappa shape index (κ3) is 4.99. The lowest BCUT2D eigenvalue weighted by Gasteiger charge is -2.23. The molecular weight excluding hydrogens is 565 g/mol. The van der Waals surface area contributed by atoms with Gasteiger partial charge in [0.05, 0.1) is 10.9 Å². The molecule has 1 aliphatic rings. The van der Waals surface area contributed by atoms with Gasteiger partial charge in [0.25, 0.3) is 0 Å². The number of aromatic nitrogens is 5. The summed E-state index contributed by atoms with van der Waals surface area (Å²) in [6, 6.07) is 10.2. The van der Waals surface area contributed by atoms with Crippen LogP contribution in [-0.4, -0.2) is 53.8 Å². The zero-order valence-electron chi connectivity index (χ0n) is 22.0. The first-order valence-electron chi connectivity index (χ1n) is 12.8. The second-order valence-corrected chi connectivity index (χ2v) is 10.1. The van der Waals surface area contributed by atoms with E-state index in [0.29, 0.717) is 24.0 Å². The number of hydrogen-bond acceptors (Lipinski definition) is 7. The first-order chi connectivity index (χ1) is 19.7. The van der Waals surface area contributed by atoms with Gasteiger partial charge in [-0.1, -0.05) is 24.3 Å². The second-order valence-electron chi connectivity index (χ2n) is 10.1. The summed E-state index contributed by atoms with van der Waals surface area (Å²) in [4.78, 5) is 36.9. The lowest BCUT2D eigenvalue weighted by Crippen LogP contribution is -2.37. The van der Waals surface area contributed by atoms with Gasteiger partial charge >= 0.3 is 18.1 Å². The highest BCUT2D eigenvalue weighted by Gasteiger charge is 2.57. The van der Waals surface area contributed by atoms with Crippen LogP contribution >= 0.6 is 0 Å². The van der Waals surface area contributed by atoms with Crippen molar-refractivity contribution in [3.8, 4) is 11.5 Å². The van der Waals surface area contributed by atoms with Crippen LogP contribution in [0.3, 0.4) is 0 Å². The number of nitrogens with zero attached hydrogens (tertiary/aromatic N) is 5. The van der Waals surface area contributed by atoms with Crippen molar-refractivity contribution in [2.24, 2.45) is 0 Å². The summed E-state index contributed by atoms with van der Waals surface area (Å²) in [7, 11) is 0. The number of amides is 1. The third-order valence-corrected chi connectivity index (χ3v) is 7.28. The summed E-state index contributed by atoms with van der Waals surface area (Å²) in [5.41, 5.74) is 6.95. The van der Waals surface area contributed by atoms with Crippen LogP contribution < -0.4 is 11.1 Å². The molecule has 1 aliphatic heterocycles. The normalized spacial score (nSPS) is 17.0. The number of nitrogen functional groups attached to an aromatic ring is 1. The van der Waals surface area contributed by atoms with Gasteiger partial charge in [-0.3, -0.25) is 9.59 Å². The van der Waals surface area contributed by atoms with E-state index < -0.39 is 42.4 Å². The van der Waals surface area contributed by atoms with E-state index in [0.717, 1.165) is 10.2 Å². The number of carboxylic acid groups (broad SMARTS) is 1. The first kappa shape index (κ1) is 28.8. The average molecular weight is 590 g/mol. The molecule has 0 aliphatic carbocycles. The van der Waals surface area contributed by atoms with Crippen molar-refractivity contribution < 1.29 is 36.6 Å². The largest absolute Gasteiger partial charge is 0.481 e. The van der Waals surface area contributed by atoms with Gasteiger partial charge in [-0.05, 0) is 43.0 Å². The molecule has 15 heteroatoms. The molecule has 4 aromatic rings. The van der Waals surface area contributed by atoms with E-state index in [9.17, 15) is 31.5 Å². The molecule has 0 bridgehead atoms. The van der Waals surface area contributed by atoms with Crippen molar-refractivity contribution in [3.63, 3.8) is 0 Å². The van der Waals surface area contributed by atoms with E-state index in [1.54, 1.807) is 31.2 Å². The number of benzene rings is 1. The Hall–Kier alpha value is -4.69. The highest BCUT2D eigenvalue weighted by Crippen LogP contribution is 2.45. The molecule has 0 saturated carbocycles. The molecule has 42 heavy (non-hydrogen) atoms. The van der Waals surface area contributed by atoms with Crippen molar-refractivity contribution in [2.75, 3.05) is 11.1 Å². The van der Waals surface area contributed by atoms with Gasteiger partial charge in [0.1, 0.15) is 22.7 Å². The summed E-state index contributed by atoms with van der Waals surface area (Å²) in [5.74, 6) is -6.28. The number of carbonyl (C=O) groups is 2. The molecule has 1 aromatic carbocycles. The van der Waals surface area contributed by atoms with Crippen LogP contribution in [0, 0.1) is 0 Å². The number of carboxylic acids is 1. The van der Waals surface area contributed by atoms with Crippen LogP contribution in [0.15, 0.2) is 42.6 Å². The summed E-state index contributed by atoms with van der Waals surface area (Å²) >= 11 is 0. The van der Waals surface area contributed by atoms with E-state index >= 15 is 0 Å². The minimum Gasteiger partial charge on any atom is -0.481 e. The minimum absolute atomic E-state index is 0.0368. The van der Waals surface area contributed by atoms with E-state index in [1.165, 1.54) is 18.3 Å². The van der Waals surface area contributed by atoms with Crippen molar-refractivity contribution >= 4 is 34.5 Å². The average Bonchev–Trinajstić information content (AvgIpc) is 3.42. The Morgan fingerprint density at radius 3 is 2.50 bits per heavy atom. The van der Waals surface area contributed by atoms with Crippen molar-refractivity contribution in [1.29, 1.82) is 0 Å². The van der Waals surface area contributed by atoms with Crippen molar-refractivity contribution in [3.05, 3.63) is 59.3 Å². The van der Waals surface area contributed by atoms with Crippen molar-refractivity contribution in [1.82, 2.24) is 24.7 Å². The standard InChI is InChI=1S/C27H24F5N7O3/c1-25(15-9-7-14(8-10-15)4-2-6-17(40)41)18-20(33)35-22(36-21(18)37-24(25)42)19-16-5-3-12-34-23(16)39(38-19)13-11-26(28,29)27(30,31)32/h3,5,7-10,12H,2,4,6,11,13H2,1H3,(H,40,41)(H3,33,35,36,37,42)/t25-/m1/s1. The van der Waals surface area contributed by atoms with E-state index in [4.69, 9.17) is 10.8 Å². The lowest BCUT2D eigenvalue weighted by atomic mass is 9.77. The van der Waals surface area contributed by atoms with E-state index in [1.807, 2.05) is 0 Å². The first-order valence-corrected chi connectivity index (χ1v) is 12.8. The summed E-state index contributed by atoms with van der Waals surface area (Å²) in [5, 5.41) is 16.0. The van der Waals surface area contributed by atoms with Gasteiger partial charge < -0.3 is 16.2 Å². The van der Waals surface area contributed by atoms with Gasteiger partial charge in [0.2, 0.25) is 5.91 Å². The smallest absolute Gasteiger partial charge is 0.453 e. The molecule has 3 aromatic heterocycles.